The zero-order valence-corrected chi connectivity index (χ0v) is 12.3. The van der Waals surface area contributed by atoms with Gasteiger partial charge in [0.2, 0.25) is 10.0 Å². The van der Waals surface area contributed by atoms with Crippen LogP contribution in [0.1, 0.15) is 25.7 Å². The van der Waals surface area contributed by atoms with Gasteiger partial charge in [-0.3, -0.25) is 0 Å². The molecule has 0 atom stereocenters. The van der Waals surface area contributed by atoms with Crippen molar-refractivity contribution in [3.8, 4) is 0 Å². The summed E-state index contributed by atoms with van der Waals surface area (Å²) in [6.45, 7) is 4.35. The lowest BCUT2D eigenvalue weighted by atomic mass is 10.3. The summed E-state index contributed by atoms with van der Waals surface area (Å²) in [5.74, 6) is 0.774. The fraction of sp³-hybridized carbons (Fsp3) is 0.385. The predicted molar refractivity (Wildman–Crippen MR) is 75.7 cm³/mol. The Morgan fingerprint density at radius 3 is 2.60 bits per heavy atom. The molecule has 0 aliphatic heterocycles. The lowest BCUT2D eigenvalue weighted by Crippen LogP contribution is -2.26. The van der Waals surface area contributed by atoms with Crippen LogP contribution < -0.4 is 4.72 Å². The Bertz CT molecular complexity index is 650. The highest BCUT2D eigenvalue weighted by Crippen LogP contribution is 2.09. The van der Waals surface area contributed by atoms with Gasteiger partial charge < -0.3 is 4.57 Å². The standard InChI is InChI=1S/C13H18N4O2S/c1-11(2)17-10-14-16-13(17)8-9-15-20(18,19)12-6-4-3-5-7-12/h3-7,10-11,15H,8-9H2,1-2H3. The Morgan fingerprint density at radius 2 is 1.95 bits per heavy atom. The summed E-state index contributed by atoms with van der Waals surface area (Å²) in [5.41, 5.74) is 0. The van der Waals surface area contributed by atoms with E-state index < -0.39 is 10.0 Å². The van der Waals surface area contributed by atoms with Gasteiger partial charge in [-0.2, -0.15) is 0 Å². The van der Waals surface area contributed by atoms with Crippen molar-refractivity contribution >= 4 is 10.0 Å². The maximum absolute atomic E-state index is 12.0. The van der Waals surface area contributed by atoms with Crippen LogP contribution in [-0.2, 0) is 16.4 Å². The van der Waals surface area contributed by atoms with Gasteiger partial charge in [0.25, 0.3) is 0 Å². The first-order valence-corrected chi connectivity index (χ1v) is 7.92. The normalized spacial score (nSPS) is 11.9. The second-order valence-electron chi connectivity index (χ2n) is 4.71. The largest absolute Gasteiger partial charge is 0.315 e. The molecule has 1 heterocycles. The van der Waals surface area contributed by atoms with Crippen LogP contribution in [0, 0.1) is 0 Å². The third-order valence-electron chi connectivity index (χ3n) is 2.90. The Hall–Kier alpha value is -1.73. The molecule has 0 saturated heterocycles. The summed E-state index contributed by atoms with van der Waals surface area (Å²) >= 11 is 0. The molecule has 0 spiro atoms. The minimum atomic E-state index is -3.45. The molecular weight excluding hydrogens is 276 g/mol. The molecule has 0 fully saturated rings. The number of rotatable bonds is 6. The van der Waals surface area contributed by atoms with Crippen molar-refractivity contribution in [3.63, 3.8) is 0 Å². The van der Waals surface area contributed by atoms with Gasteiger partial charge in [-0.15, -0.1) is 10.2 Å². The van der Waals surface area contributed by atoms with Crippen LogP contribution in [0.4, 0.5) is 0 Å². The van der Waals surface area contributed by atoms with E-state index in [4.69, 9.17) is 0 Å². The third-order valence-corrected chi connectivity index (χ3v) is 4.37. The van der Waals surface area contributed by atoms with Gasteiger partial charge in [0.05, 0.1) is 4.90 Å². The first kappa shape index (κ1) is 14.7. The second-order valence-corrected chi connectivity index (χ2v) is 6.48. The number of sulfonamides is 1. The Balaban J connectivity index is 1.98. The van der Waals surface area contributed by atoms with E-state index in [0.29, 0.717) is 13.0 Å². The van der Waals surface area contributed by atoms with Crippen LogP contribution >= 0.6 is 0 Å². The minimum Gasteiger partial charge on any atom is -0.315 e. The van der Waals surface area contributed by atoms with Crippen molar-refractivity contribution in [3.05, 3.63) is 42.5 Å². The molecule has 0 unspecified atom stereocenters. The van der Waals surface area contributed by atoms with Crippen LogP contribution in [0.15, 0.2) is 41.6 Å². The van der Waals surface area contributed by atoms with Crippen molar-refractivity contribution < 1.29 is 8.42 Å². The molecule has 0 bridgehead atoms. The molecule has 2 rings (SSSR count). The molecule has 0 saturated carbocycles. The Labute approximate surface area is 118 Å². The summed E-state index contributed by atoms with van der Waals surface area (Å²) in [6.07, 6.45) is 2.16. The highest BCUT2D eigenvalue weighted by molar-refractivity contribution is 7.89. The van der Waals surface area contributed by atoms with Crippen LogP contribution in [0.25, 0.3) is 0 Å². The molecular formula is C13H18N4O2S. The molecule has 1 aromatic carbocycles. The second kappa shape index (κ2) is 6.15. The molecule has 0 aliphatic rings. The number of aromatic nitrogens is 3. The smallest absolute Gasteiger partial charge is 0.240 e. The summed E-state index contributed by atoms with van der Waals surface area (Å²) < 4.78 is 28.5. The van der Waals surface area contributed by atoms with Gasteiger partial charge in [0.1, 0.15) is 12.2 Å². The van der Waals surface area contributed by atoms with Gasteiger partial charge in [-0.1, -0.05) is 18.2 Å². The molecule has 0 aliphatic carbocycles. The third kappa shape index (κ3) is 3.43. The molecule has 108 valence electrons. The van der Waals surface area contributed by atoms with E-state index in [1.54, 1.807) is 36.7 Å². The van der Waals surface area contributed by atoms with Crippen LogP contribution in [-0.4, -0.2) is 29.7 Å². The first-order chi connectivity index (χ1) is 9.50. The predicted octanol–water partition coefficient (Wildman–Crippen LogP) is 1.38. The fourth-order valence-corrected chi connectivity index (χ4v) is 2.91. The average molecular weight is 294 g/mol. The van der Waals surface area contributed by atoms with Gasteiger partial charge in [0, 0.05) is 19.0 Å². The van der Waals surface area contributed by atoms with E-state index in [-0.39, 0.29) is 10.9 Å². The molecule has 1 N–H and O–H groups in total. The topological polar surface area (TPSA) is 76.9 Å². The Morgan fingerprint density at radius 1 is 1.25 bits per heavy atom. The zero-order chi connectivity index (χ0) is 14.6. The van der Waals surface area contributed by atoms with Crippen molar-refractivity contribution in [2.45, 2.75) is 31.2 Å². The highest BCUT2D eigenvalue weighted by atomic mass is 32.2. The lowest BCUT2D eigenvalue weighted by molar-refractivity contribution is 0.558. The van der Waals surface area contributed by atoms with Crippen molar-refractivity contribution in [1.82, 2.24) is 19.5 Å². The number of hydrogen-bond donors (Lipinski definition) is 1. The van der Waals surface area contributed by atoms with Gasteiger partial charge in [-0.25, -0.2) is 13.1 Å². The van der Waals surface area contributed by atoms with Gasteiger partial charge in [0.15, 0.2) is 0 Å². The van der Waals surface area contributed by atoms with Crippen molar-refractivity contribution in [2.75, 3.05) is 6.54 Å². The van der Waals surface area contributed by atoms with E-state index in [9.17, 15) is 8.42 Å². The molecule has 0 amide bonds. The highest BCUT2D eigenvalue weighted by Gasteiger charge is 2.13. The van der Waals surface area contributed by atoms with E-state index >= 15 is 0 Å². The summed E-state index contributed by atoms with van der Waals surface area (Å²) in [6, 6.07) is 8.57. The molecule has 7 heteroatoms. The quantitative estimate of drug-likeness (QED) is 0.873. The number of nitrogens with one attached hydrogen (secondary N) is 1. The summed E-state index contributed by atoms with van der Waals surface area (Å²) in [4.78, 5) is 0.269. The zero-order valence-electron chi connectivity index (χ0n) is 11.5. The van der Waals surface area contributed by atoms with E-state index in [1.165, 1.54) is 0 Å². The monoisotopic (exact) mass is 294 g/mol. The number of benzene rings is 1. The molecule has 2 aromatic rings. The maximum atomic E-state index is 12.0. The number of hydrogen-bond acceptors (Lipinski definition) is 4. The summed E-state index contributed by atoms with van der Waals surface area (Å²) in [7, 11) is -3.45. The van der Waals surface area contributed by atoms with Crippen LogP contribution in [0.5, 0.6) is 0 Å². The SMILES string of the molecule is CC(C)n1cnnc1CCNS(=O)(=O)c1ccccc1. The average Bonchev–Trinajstić information content (AvgIpc) is 2.88. The minimum absolute atomic E-state index is 0.255. The van der Waals surface area contributed by atoms with Gasteiger partial charge in [-0.05, 0) is 26.0 Å². The molecule has 20 heavy (non-hydrogen) atoms. The lowest BCUT2D eigenvalue weighted by Gasteiger charge is -2.10. The van der Waals surface area contributed by atoms with E-state index in [1.807, 2.05) is 18.4 Å². The molecule has 0 radical (unpaired) electrons. The fourth-order valence-electron chi connectivity index (χ4n) is 1.86. The first-order valence-electron chi connectivity index (χ1n) is 6.44. The Kier molecular flexibility index (Phi) is 4.51. The molecule has 6 nitrogen and oxygen atoms in total. The molecule has 1 aromatic heterocycles. The van der Waals surface area contributed by atoms with Crippen LogP contribution in [0.2, 0.25) is 0 Å². The van der Waals surface area contributed by atoms with Crippen molar-refractivity contribution in [2.24, 2.45) is 0 Å². The van der Waals surface area contributed by atoms with E-state index in [2.05, 4.69) is 14.9 Å². The van der Waals surface area contributed by atoms with Crippen LogP contribution in [0.3, 0.4) is 0 Å². The van der Waals surface area contributed by atoms with Gasteiger partial charge >= 0.3 is 0 Å². The number of nitrogens with zero attached hydrogens (tertiary/aromatic N) is 3. The summed E-state index contributed by atoms with van der Waals surface area (Å²) in [5, 5.41) is 7.86. The van der Waals surface area contributed by atoms with Crippen molar-refractivity contribution in [1.29, 1.82) is 0 Å². The van der Waals surface area contributed by atoms with E-state index in [0.717, 1.165) is 5.82 Å². The maximum Gasteiger partial charge on any atom is 0.240 e.